The Morgan fingerprint density at radius 2 is 1.76 bits per heavy atom. The number of rotatable bonds is 7. The third kappa shape index (κ3) is 3.84. The highest BCUT2D eigenvalue weighted by Crippen LogP contribution is 2.51. The highest BCUT2D eigenvalue weighted by Gasteiger charge is 2.61. The maximum atomic E-state index is 14.1. The molecule has 0 radical (unpaired) electrons. The lowest BCUT2D eigenvalue weighted by Gasteiger charge is -2.38. The van der Waals surface area contributed by atoms with E-state index in [-0.39, 0.29) is 24.8 Å². The number of nitrogens with two attached hydrogens (primary N) is 1. The number of thiophene rings is 1. The minimum absolute atomic E-state index is 0.269. The van der Waals surface area contributed by atoms with Crippen LogP contribution in [0, 0.1) is 5.92 Å². The van der Waals surface area contributed by atoms with Gasteiger partial charge in [-0.15, -0.1) is 11.3 Å². The highest BCUT2D eigenvalue weighted by molar-refractivity contribution is 7.10. The zero-order chi connectivity index (χ0) is 23.8. The standard InChI is InChI=1S/C24H22N2O6S/c25-19(27)10-11-24(23(31)32)13-17(22(29)30)20(18-9-4-12-33-18)26(24)21(28)16-8-3-6-14-5-1-2-7-15(14)16/h1-9,12,17,20H,10-11,13H2,(H2,25,27)(H,29,30)(H,31,32). The van der Waals surface area contributed by atoms with Crippen molar-refractivity contribution >= 4 is 45.9 Å². The molecule has 170 valence electrons. The number of amides is 2. The molecule has 1 fully saturated rings. The smallest absolute Gasteiger partial charge is 0.329 e. The normalized spacial score (nSPS) is 22.4. The number of carboxylic acids is 2. The Labute approximate surface area is 193 Å². The fourth-order valence-corrected chi connectivity index (χ4v) is 5.62. The van der Waals surface area contributed by atoms with Crippen LogP contribution in [0.25, 0.3) is 10.8 Å². The predicted molar refractivity (Wildman–Crippen MR) is 122 cm³/mol. The number of carboxylic acid groups (broad SMARTS) is 2. The van der Waals surface area contributed by atoms with Gasteiger partial charge in [0.1, 0.15) is 5.54 Å². The summed E-state index contributed by atoms with van der Waals surface area (Å²) in [6.45, 7) is 0. The van der Waals surface area contributed by atoms with Crippen LogP contribution in [0.1, 0.15) is 40.5 Å². The van der Waals surface area contributed by atoms with E-state index < -0.39 is 41.3 Å². The first-order valence-electron chi connectivity index (χ1n) is 10.4. The topological polar surface area (TPSA) is 138 Å². The van der Waals surface area contributed by atoms with Crippen molar-refractivity contribution in [3.05, 3.63) is 70.4 Å². The van der Waals surface area contributed by atoms with Gasteiger partial charge < -0.3 is 20.8 Å². The molecule has 9 heteroatoms. The molecular weight excluding hydrogens is 444 g/mol. The van der Waals surface area contributed by atoms with Crippen LogP contribution in [-0.2, 0) is 14.4 Å². The van der Waals surface area contributed by atoms with E-state index in [1.807, 2.05) is 18.2 Å². The zero-order valence-corrected chi connectivity index (χ0v) is 18.3. The van der Waals surface area contributed by atoms with Crippen LogP contribution < -0.4 is 5.73 Å². The van der Waals surface area contributed by atoms with E-state index in [0.29, 0.717) is 10.3 Å². The van der Waals surface area contributed by atoms with Crippen LogP contribution in [-0.4, -0.2) is 44.4 Å². The van der Waals surface area contributed by atoms with Gasteiger partial charge in [0.2, 0.25) is 5.91 Å². The zero-order valence-electron chi connectivity index (χ0n) is 17.5. The van der Waals surface area contributed by atoms with E-state index in [1.165, 1.54) is 16.2 Å². The molecule has 2 heterocycles. The van der Waals surface area contributed by atoms with Gasteiger partial charge in [0.15, 0.2) is 0 Å². The summed E-state index contributed by atoms with van der Waals surface area (Å²) in [5.41, 5.74) is 3.68. The maximum Gasteiger partial charge on any atom is 0.329 e. The first kappa shape index (κ1) is 22.5. The summed E-state index contributed by atoms with van der Waals surface area (Å²) in [5.74, 6) is -5.04. The molecule has 1 aromatic heterocycles. The van der Waals surface area contributed by atoms with Crippen LogP contribution in [0.15, 0.2) is 60.0 Å². The number of carbonyl (C=O) groups excluding carboxylic acids is 2. The molecule has 0 spiro atoms. The summed E-state index contributed by atoms with van der Waals surface area (Å²) in [6.07, 6.45) is -0.904. The molecule has 8 nitrogen and oxygen atoms in total. The van der Waals surface area contributed by atoms with Crippen LogP contribution in [0.4, 0.5) is 0 Å². The lowest BCUT2D eigenvalue weighted by molar-refractivity contribution is -0.149. The lowest BCUT2D eigenvalue weighted by atomic mass is 9.86. The monoisotopic (exact) mass is 466 g/mol. The Balaban J connectivity index is 1.94. The molecule has 33 heavy (non-hydrogen) atoms. The van der Waals surface area contributed by atoms with E-state index in [0.717, 1.165) is 5.39 Å². The first-order valence-corrected chi connectivity index (χ1v) is 11.2. The number of hydrogen-bond donors (Lipinski definition) is 3. The van der Waals surface area contributed by atoms with E-state index in [9.17, 15) is 29.4 Å². The second-order valence-corrected chi connectivity index (χ2v) is 9.09. The van der Waals surface area contributed by atoms with Gasteiger partial charge in [0, 0.05) is 16.9 Å². The Bertz CT molecular complexity index is 1240. The van der Waals surface area contributed by atoms with Gasteiger partial charge in [-0.1, -0.05) is 42.5 Å². The number of carbonyl (C=O) groups is 4. The molecule has 4 N–H and O–H groups in total. The minimum atomic E-state index is -1.90. The first-order chi connectivity index (χ1) is 15.8. The summed E-state index contributed by atoms with van der Waals surface area (Å²) in [4.78, 5) is 52.3. The Kier molecular flexibility index (Phi) is 5.90. The maximum absolute atomic E-state index is 14.1. The van der Waals surface area contributed by atoms with Crippen molar-refractivity contribution in [3.8, 4) is 0 Å². The summed E-state index contributed by atoms with van der Waals surface area (Å²) in [7, 11) is 0. The van der Waals surface area contributed by atoms with Crippen molar-refractivity contribution in [2.24, 2.45) is 11.7 Å². The predicted octanol–water partition coefficient (Wildman–Crippen LogP) is 3.28. The SMILES string of the molecule is NC(=O)CCC1(C(=O)O)CC(C(=O)O)C(c2cccs2)N1C(=O)c1cccc2ccccc12. The van der Waals surface area contributed by atoms with Crippen molar-refractivity contribution < 1.29 is 29.4 Å². The van der Waals surface area contributed by atoms with E-state index in [1.54, 1.807) is 41.8 Å². The van der Waals surface area contributed by atoms with Crippen molar-refractivity contribution in [1.29, 1.82) is 0 Å². The molecular formula is C24H22N2O6S. The molecule has 0 saturated carbocycles. The van der Waals surface area contributed by atoms with Crippen LogP contribution >= 0.6 is 11.3 Å². The Morgan fingerprint density at radius 1 is 1.03 bits per heavy atom. The van der Waals surface area contributed by atoms with E-state index in [2.05, 4.69) is 0 Å². The van der Waals surface area contributed by atoms with Gasteiger partial charge in [0.05, 0.1) is 12.0 Å². The molecule has 2 aromatic carbocycles. The van der Waals surface area contributed by atoms with E-state index in [4.69, 9.17) is 5.73 Å². The van der Waals surface area contributed by atoms with Crippen molar-refractivity contribution in [1.82, 2.24) is 4.90 Å². The average Bonchev–Trinajstić information content (AvgIpc) is 3.43. The quantitative estimate of drug-likeness (QED) is 0.489. The van der Waals surface area contributed by atoms with Gasteiger partial charge in [-0.3, -0.25) is 14.4 Å². The van der Waals surface area contributed by atoms with Gasteiger partial charge >= 0.3 is 11.9 Å². The Hall–Kier alpha value is -3.72. The Morgan fingerprint density at radius 3 is 2.39 bits per heavy atom. The minimum Gasteiger partial charge on any atom is -0.481 e. The van der Waals surface area contributed by atoms with Gasteiger partial charge in [0.25, 0.3) is 5.91 Å². The highest BCUT2D eigenvalue weighted by atomic mass is 32.1. The molecule has 1 aliphatic heterocycles. The van der Waals surface area contributed by atoms with Crippen LogP contribution in [0.5, 0.6) is 0 Å². The average molecular weight is 467 g/mol. The fourth-order valence-electron chi connectivity index (χ4n) is 4.74. The number of hydrogen-bond acceptors (Lipinski definition) is 5. The molecule has 0 aliphatic carbocycles. The van der Waals surface area contributed by atoms with E-state index >= 15 is 0 Å². The second kappa shape index (κ2) is 8.67. The van der Waals surface area contributed by atoms with Crippen molar-refractivity contribution in [2.75, 3.05) is 0 Å². The molecule has 2 amide bonds. The van der Waals surface area contributed by atoms with Gasteiger partial charge in [-0.2, -0.15) is 0 Å². The van der Waals surface area contributed by atoms with Crippen molar-refractivity contribution in [2.45, 2.75) is 30.8 Å². The third-order valence-corrected chi connectivity index (χ3v) is 7.19. The molecule has 0 bridgehead atoms. The third-order valence-electron chi connectivity index (χ3n) is 6.25. The van der Waals surface area contributed by atoms with Gasteiger partial charge in [-0.05, 0) is 41.1 Å². The molecule has 4 rings (SSSR count). The molecule has 3 atom stereocenters. The second-order valence-electron chi connectivity index (χ2n) is 8.11. The number of fused-ring (bicyclic) bond motifs is 1. The van der Waals surface area contributed by atoms with Crippen LogP contribution in [0.3, 0.4) is 0 Å². The lowest BCUT2D eigenvalue weighted by Crippen LogP contribution is -2.54. The fraction of sp³-hybridized carbons (Fsp3) is 0.250. The summed E-state index contributed by atoms with van der Waals surface area (Å²) in [6, 6.07) is 14.8. The number of likely N-dealkylation sites (tertiary alicyclic amines) is 1. The molecule has 1 aliphatic rings. The van der Waals surface area contributed by atoms with Crippen molar-refractivity contribution in [3.63, 3.8) is 0 Å². The number of primary amides is 1. The number of nitrogens with zero attached hydrogens (tertiary/aromatic N) is 1. The number of aliphatic carboxylic acids is 2. The van der Waals surface area contributed by atoms with Gasteiger partial charge in [-0.25, -0.2) is 4.79 Å². The molecule has 1 saturated heterocycles. The summed E-state index contributed by atoms with van der Waals surface area (Å²) < 4.78 is 0. The van der Waals surface area contributed by atoms with Crippen LogP contribution in [0.2, 0.25) is 0 Å². The summed E-state index contributed by atoms with van der Waals surface area (Å²) in [5, 5.41) is 23.5. The number of benzene rings is 2. The molecule has 3 unspecified atom stereocenters. The summed E-state index contributed by atoms with van der Waals surface area (Å²) >= 11 is 1.26. The molecule has 3 aromatic rings. The largest absolute Gasteiger partial charge is 0.481 e.